The van der Waals surface area contributed by atoms with Crippen molar-refractivity contribution in [2.45, 2.75) is 84.2 Å². The quantitative estimate of drug-likeness (QED) is 0.754. The fourth-order valence-electron chi connectivity index (χ4n) is 3.43. The van der Waals surface area contributed by atoms with Crippen molar-refractivity contribution in [1.29, 1.82) is 0 Å². The van der Waals surface area contributed by atoms with Crippen LogP contribution in [0.5, 0.6) is 0 Å². The minimum Gasteiger partial charge on any atom is -0.314 e. The molecule has 21 heavy (non-hydrogen) atoms. The van der Waals surface area contributed by atoms with Crippen LogP contribution in [0, 0.1) is 5.92 Å². The predicted molar refractivity (Wildman–Crippen MR) is 87.4 cm³/mol. The van der Waals surface area contributed by atoms with Crippen LogP contribution in [0.25, 0.3) is 0 Å². The molecule has 1 aromatic heterocycles. The first-order valence-electron chi connectivity index (χ1n) is 8.82. The molecule has 1 heterocycles. The minimum absolute atomic E-state index is 0.393. The molecule has 0 aromatic carbocycles. The highest BCUT2D eigenvalue weighted by molar-refractivity contribution is 4.91. The highest BCUT2D eigenvalue weighted by Gasteiger charge is 2.19. The second-order valence-corrected chi connectivity index (χ2v) is 6.80. The Balaban J connectivity index is 1.89. The molecule has 0 spiro atoms. The number of hydrogen-bond donors (Lipinski definition) is 1. The van der Waals surface area contributed by atoms with Gasteiger partial charge in [-0.05, 0) is 45.6 Å². The molecule has 1 unspecified atom stereocenters. The fraction of sp³-hybridized carbons (Fsp3) is 0.882. The maximum atomic E-state index is 4.48. The molecule has 0 saturated heterocycles. The molecule has 0 radical (unpaired) electrons. The van der Waals surface area contributed by atoms with Gasteiger partial charge in [-0.2, -0.15) is 5.10 Å². The molecule has 1 atom stereocenters. The van der Waals surface area contributed by atoms with Crippen LogP contribution >= 0.6 is 0 Å². The molecule has 1 fully saturated rings. The SMILES string of the molecule is CCCNC(CCC1CCCC1)Cc1ncnn1C(C)C. The van der Waals surface area contributed by atoms with Crippen molar-refractivity contribution in [3.8, 4) is 0 Å². The molecule has 4 heteroatoms. The Morgan fingerprint density at radius 1 is 1.33 bits per heavy atom. The third kappa shape index (κ3) is 5.10. The van der Waals surface area contributed by atoms with Gasteiger partial charge in [-0.15, -0.1) is 0 Å². The van der Waals surface area contributed by atoms with E-state index < -0.39 is 0 Å². The number of rotatable bonds is 9. The lowest BCUT2D eigenvalue weighted by Crippen LogP contribution is -2.33. The molecule has 0 bridgehead atoms. The summed E-state index contributed by atoms with van der Waals surface area (Å²) in [4.78, 5) is 4.48. The summed E-state index contributed by atoms with van der Waals surface area (Å²) < 4.78 is 2.07. The van der Waals surface area contributed by atoms with Crippen molar-refractivity contribution in [1.82, 2.24) is 20.1 Å². The van der Waals surface area contributed by atoms with Gasteiger partial charge in [0.05, 0.1) is 0 Å². The molecular weight excluding hydrogens is 260 g/mol. The van der Waals surface area contributed by atoms with E-state index in [0.717, 1.165) is 24.7 Å². The van der Waals surface area contributed by atoms with Crippen molar-refractivity contribution in [2.24, 2.45) is 5.92 Å². The Hall–Kier alpha value is -0.900. The van der Waals surface area contributed by atoms with Crippen molar-refractivity contribution >= 4 is 0 Å². The highest BCUT2D eigenvalue weighted by Crippen LogP contribution is 2.29. The van der Waals surface area contributed by atoms with E-state index in [1.165, 1.54) is 44.9 Å². The van der Waals surface area contributed by atoms with Gasteiger partial charge in [-0.25, -0.2) is 9.67 Å². The third-order valence-electron chi connectivity index (χ3n) is 4.65. The first-order valence-corrected chi connectivity index (χ1v) is 8.82. The van der Waals surface area contributed by atoms with Crippen molar-refractivity contribution in [3.63, 3.8) is 0 Å². The molecule has 1 aliphatic carbocycles. The molecule has 0 amide bonds. The van der Waals surface area contributed by atoms with Crippen LogP contribution in [-0.2, 0) is 6.42 Å². The van der Waals surface area contributed by atoms with E-state index in [-0.39, 0.29) is 0 Å². The summed E-state index contributed by atoms with van der Waals surface area (Å²) >= 11 is 0. The smallest absolute Gasteiger partial charge is 0.138 e. The molecular formula is C17H32N4. The topological polar surface area (TPSA) is 42.7 Å². The maximum absolute atomic E-state index is 4.48. The van der Waals surface area contributed by atoms with Gasteiger partial charge in [-0.3, -0.25) is 0 Å². The van der Waals surface area contributed by atoms with Crippen molar-refractivity contribution in [3.05, 3.63) is 12.2 Å². The minimum atomic E-state index is 0.393. The summed E-state index contributed by atoms with van der Waals surface area (Å²) in [5.74, 6) is 2.10. The normalized spacial score (nSPS) is 17.7. The second-order valence-electron chi connectivity index (χ2n) is 6.80. The molecule has 0 aliphatic heterocycles. The van der Waals surface area contributed by atoms with E-state index in [1.54, 1.807) is 6.33 Å². The summed E-state index contributed by atoms with van der Waals surface area (Å²) in [5, 5.41) is 8.08. The molecule has 2 rings (SSSR count). The summed E-state index contributed by atoms with van der Waals surface area (Å²) in [6.45, 7) is 7.68. The average Bonchev–Trinajstić information content (AvgIpc) is 3.12. The monoisotopic (exact) mass is 292 g/mol. The Morgan fingerprint density at radius 3 is 2.76 bits per heavy atom. The molecule has 1 N–H and O–H groups in total. The summed E-state index contributed by atoms with van der Waals surface area (Å²) in [5.41, 5.74) is 0. The van der Waals surface area contributed by atoms with Crippen LogP contribution in [-0.4, -0.2) is 27.4 Å². The zero-order valence-corrected chi connectivity index (χ0v) is 14.0. The lowest BCUT2D eigenvalue weighted by molar-refractivity contribution is 0.388. The average molecular weight is 292 g/mol. The fourth-order valence-corrected chi connectivity index (χ4v) is 3.43. The van der Waals surface area contributed by atoms with E-state index in [2.05, 4.69) is 40.9 Å². The Morgan fingerprint density at radius 2 is 2.10 bits per heavy atom. The van der Waals surface area contributed by atoms with Crippen LogP contribution < -0.4 is 5.32 Å². The van der Waals surface area contributed by atoms with Crippen molar-refractivity contribution < 1.29 is 0 Å². The van der Waals surface area contributed by atoms with Gasteiger partial charge in [0, 0.05) is 18.5 Å². The highest BCUT2D eigenvalue weighted by atomic mass is 15.3. The molecule has 1 saturated carbocycles. The number of nitrogens with one attached hydrogen (secondary N) is 1. The van der Waals surface area contributed by atoms with Crippen LogP contribution in [0.1, 0.15) is 77.6 Å². The Labute approximate surface area is 129 Å². The van der Waals surface area contributed by atoms with Crippen LogP contribution in [0.2, 0.25) is 0 Å². The zero-order valence-electron chi connectivity index (χ0n) is 14.0. The molecule has 1 aromatic rings. The van der Waals surface area contributed by atoms with Gasteiger partial charge >= 0.3 is 0 Å². The van der Waals surface area contributed by atoms with Gasteiger partial charge in [0.2, 0.25) is 0 Å². The summed E-state index contributed by atoms with van der Waals surface area (Å²) in [6.07, 6.45) is 12.3. The number of hydrogen-bond acceptors (Lipinski definition) is 3. The van der Waals surface area contributed by atoms with E-state index >= 15 is 0 Å². The van der Waals surface area contributed by atoms with Crippen LogP contribution in [0.3, 0.4) is 0 Å². The van der Waals surface area contributed by atoms with Crippen LogP contribution in [0.4, 0.5) is 0 Å². The van der Waals surface area contributed by atoms with Crippen LogP contribution in [0.15, 0.2) is 6.33 Å². The van der Waals surface area contributed by atoms with E-state index in [4.69, 9.17) is 0 Å². The van der Waals surface area contributed by atoms with E-state index in [9.17, 15) is 0 Å². The van der Waals surface area contributed by atoms with Gasteiger partial charge < -0.3 is 5.32 Å². The van der Waals surface area contributed by atoms with E-state index in [1.807, 2.05) is 0 Å². The lowest BCUT2D eigenvalue weighted by atomic mass is 9.97. The number of nitrogens with zero attached hydrogens (tertiary/aromatic N) is 3. The number of aromatic nitrogens is 3. The molecule has 120 valence electrons. The first kappa shape index (κ1) is 16.5. The van der Waals surface area contributed by atoms with E-state index in [0.29, 0.717) is 12.1 Å². The van der Waals surface area contributed by atoms with Gasteiger partial charge in [0.1, 0.15) is 12.2 Å². The second kappa shape index (κ2) is 8.52. The van der Waals surface area contributed by atoms with Gasteiger partial charge in [0.15, 0.2) is 0 Å². The summed E-state index contributed by atoms with van der Waals surface area (Å²) in [7, 11) is 0. The predicted octanol–water partition coefficient (Wildman–Crippen LogP) is 3.74. The summed E-state index contributed by atoms with van der Waals surface area (Å²) in [6, 6.07) is 0.941. The molecule has 4 nitrogen and oxygen atoms in total. The lowest BCUT2D eigenvalue weighted by Gasteiger charge is -2.21. The Kier molecular flexibility index (Phi) is 6.68. The standard InChI is InChI=1S/C17H32N4/c1-4-11-18-16(10-9-15-7-5-6-8-15)12-17-19-13-20-21(17)14(2)3/h13-16,18H,4-12H2,1-3H3. The first-order chi connectivity index (χ1) is 10.2. The zero-order chi connectivity index (χ0) is 15.1. The largest absolute Gasteiger partial charge is 0.314 e. The van der Waals surface area contributed by atoms with Gasteiger partial charge in [-0.1, -0.05) is 32.6 Å². The Bertz CT molecular complexity index is 393. The van der Waals surface area contributed by atoms with Crippen molar-refractivity contribution in [2.75, 3.05) is 6.54 Å². The molecule has 1 aliphatic rings. The van der Waals surface area contributed by atoms with Gasteiger partial charge in [0.25, 0.3) is 0 Å². The third-order valence-corrected chi connectivity index (χ3v) is 4.65. The maximum Gasteiger partial charge on any atom is 0.138 e.